The van der Waals surface area contributed by atoms with E-state index in [-0.39, 0.29) is 18.8 Å². The minimum absolute atomic E-state index is 0.0440. The standard InChI is InChI=1S/C14H16N2O5/c1-8-6-9(17)2-3-10(8)14(21)16-5-4-15-13(20)11(16)7-12(18)19/h2-3,6,11,17H,4-5,7H2,1H3,(H,15,20)(H,18,19). The molecule has 21 heavy (non-hydrogen) atoms. The predicted molar refractivity (Wildman–Crippen MR) is 72.9 cm³/mol. The fourth-order valence-corrected chi connectivity index (χ4v) is 2.37. The first-order valence-electron chi connectivity index (χ1n) is 6.50. The molecule has 0 spiro atoms. The zero-order chi connectivity index (χ0) is 15.6. The SMILES string of the molecule is Cc1cc(O)ccc1C(=O)N1CCNC(=O)C1CC(=O)O. The molecule has 1 aliphatic rings. The van der Waals surface area contributed by atoms with E-state index < -0.39 is 30.2 Å². The Hall–Kier alpha value is -2.57. The van der Waals surface area contributed by atoms with Gasteiger partial charge in [0.2, 0.25) is 5.91 Å². The van der Waals surface area contributed by atoms with Crippen LogP contribution in [0.4, 0.5) is 0 Å². The van der Waals surface area contributed by atoms with E-state index in [1.54, 1.807) is 6.92 Å². The van der Waals surface area contributed by atoms with Gasteiger partial charge < -0.3 is 20.4 Å². The Kier molecular flexibility index (Phi) is 4.11. The average Bonchev–Trinajstić information content (AvgIpc) is 2.40. The molecule has 3 N–H and O–H groups in total. The number of phenols is 1. The normalized spacial score (nSPS) is 18.2. The molecule has 1 aromatic carbocycles. The first-order valence-corrected chi connectivity index (χ1v) is 6.50. The molecule has 0 bridgehead atoms. The van der Waals surface area contributed by atoms with Crippen molar-refractivity contribution in [3.8, 4) is 5.75 Å². The van der Waals surface area contributed by atoms with Crippen molar-refractivity contribution in [3.05, 3.63) is 29.3 Å². The molecule has 0 radical (unpaired) electrons. The lowest BCUT2D eigenvalue weighted by Gasteiger charge is -2.34. The quantitative estimate of drug-likeness (QED) is 0.733. The number of hydrogen-bond acceptors (Lipinski definition) is 4. The number of carbonyl (C=O) groups is 3. The number of nitrogens with one attached hydrogen (secondary N) is 1. The van der Waals surface area contributed by atoms with Crippen molar-refractivity contribution in [3.63, 3.8) is 0 Å². The second-order valence-electron chi connectivity index (χ2n) is 4.90. The summed E-state index contributed by atoms with van der Waals surface area (Å²) in [5.41, 5.74) is 0.915. The molecule has 1 saturated heterocycles. The van der Waals surface area contributed by atoms with E-state index >= 15 is 0 Å². The number of aliphatic carboxylic acids is 1. The summed E-state index contributed by atoms with van der Waals surface area (Å²) in [6.07, 6.45) is -0.436. The molecule has 1 atom stereocenters. The molecular weight excluding hydrogens is 276 g/mol. The molecular formula is C14H16N2O5. The summed E-state index contributed by atoms with van der Waals surface area (Å²) in [5.74, 6) is -1.97. The molecule has 2 rings (SSSR count). The molecule has 1 heterocycles. The number of rotatable bonds is 3. The molecule has 0 saturated carbocycles. The van der Waals surface area contributed by atoms with Crippen LogP contribution in [-0.2, 0) is 9.59 Å². The highest BCUT2D eigenvalue weighted by Crippen LogP contribution is 2.20. The van der Waals surface area contributed by atoms with Gasteiger partial charge in [-0.2, -0.15) is 0 Å². The minimum atomic E-state index is -1.14. The molecule has 1 fully saturated rings. The third kappa shape index (κ3) is 3.13. The maximum atomic E-state index is 12.5. The summed E-state index contributed by atoms with van der Waals surface area (Å²) >= 11 is 0. The Labute approximate surface area is 121 Å². The number of piperazine rings is 1. The summed E-state index contributed by atoms with van der Waals surface area (Å²) in [6.45, 7) is 2.21. The number of amides is 2. The van der Waals surface area contributed by atoms with Crippen LogP contribution < -0.4 is 5.32 Å². The van der Waals surface area contributed by atoms with E-state index in [0.717, 1.165) is 0 Å². The number of carbonyl (C=O) groups excluding carboxylic acids is 2. The Morgan fingerprint density at radius 3 is 2.76 bits per heavy atom. The zero-order valence-electron chi connectivity index (χ0n) is 11.5. The summed E-state index contributed by atoms with van der Waals surface area (Å²) < 4.78 is 0. The van der Waals surface area contributed by atoms with E-state index in [0.29, 0.717) is 11.1 Å². The van der Waals surface area contributed by atoms with E-state index in [2.05, 4.69) is 5.32 Å². The van der Waals surface area contributed by atoms with Gasteiger partial charge >= 0.3 is 5.97 Å². The fourth-order valence-electron chi connectivity index (χ4n) is 2.37. The van der Waals surface area contributed by atoms with Crippen molar-refractivity contribution in [2.75, 3.05) is 13.1 Å². The first kappa shape index (κ1) is 14.8. The van der Waals surface area contributed by atoms with Gasteiger partial charge in [-0.05, 0) is 30.7 Å². The van der Waals surface area contributed by atoms with Gasteiger partial charge in [0.05, 0.1) is 6.42 Å². The number of aromatic hydroxyl groups is 1. The van der Waals surface area contributed by atoms with Gasteiger partial charge in [0.1, 0.15) is 11.8 Å². The van der Waals surface area contributed by atoms with Crippen molar-refractivity contribution in [2.24, 2.45) is 0 Å². The van der Waals surface area contributed by atoms with Crippen molar-refractivity contribution < 1.29 is 24.6 Å². The lowest BCUT2D eigenvalue weighted by molar-refractivity contribution is -0.142. The summed E-state index contributed by atoms with van der Waals surface area (Å²) in [7, 11) is 0. The van der Waals surface area contributed by atoms with Crippen molar-refractivity contribution in [2.45, 2.75) is 19.4 Å². The molecule has 0 aromatic heterocycles. The van der Waals surface area contributed by atoms with Crippen LogP contribution in [0.25, 0.3) is 0 Å². The van der Waals surface area contributed by atoms with Gasteiger partial charge in [-0.1, -0.05) is 0 Å². The number of nitrogens with zero attached hydrogens (tertiary/aromatic N) is 1. The van der Waals surface area contributed by atoms with Crippen LogP contribution in [0.1, 0.15) is 22.3 Å². The highest BCUT2D eigenvalue weighted by atomic mass is 16.4. The maximum Gasteiger partial charge on any atom is 0.305 e. The highest BCUT2D eigenvalue weighted by molar-refractivity contribution is 6.00. The van der Waals surface area contributed by atoms with Crippen LogP contribution in [0.3, 0.4) is 0 Å². The second kappa shape index (κ2) is 5.82. The second-order valence-corrected chi connectivity index (χ2v) is 4.90. The largest absolute Gasteiger partial charge is 0.508 e. The minimum Gasteiger partial charge on any atom is -0.508 e. The van der Waals surface area contributed by atoms with Crippen molar-refractivity contribution >= 4 is 17.8 Å². The van der Waals surface area contributed by atoms with E-state index in [9.17, 15) is 19.5 Å². The molecule has 2 amide bonds. The van der Waals surface area contributed by atoms with Gasteiger partial charge in [-0.3, -0.25) is 14.4 Å². The molecule has 1 aliphatic heterocycles. The Bertz CT molecular complexity index is 599. The molecule has 7 nitrogen and oxygen atoms in total. The van der Waals surface area contributed by atoms with Gasteiger partial charge in [-0.15, -0.1) is 0 Å². The maximum absolute atomic E-state index is 12.5. The molecule has 1 unspecified atom stereocenters. The Morgan fingerprint density at radius 2 is 2.14 bits per heavy atom. The average molecular weight is 292 g/mol. The van der Waals surface area contributed by atoms with Crippen LogP contribution in [-0.4, -0.2) is 52.0 Å². The third-order valence-corrected chi connectivity index (χ3v) is 3.40. The van der Waals surface area contributed by atoms with Crippen LogP contribution in [0, 0.1) is 6.92 Å². The van der Waals surface area contributed by atoms with Gasteiger partial charge in [0.25, 0.3) is 5.91 Å². The summed E-state index contributed by atoms with van der Waals surface area (Å²) in [5, 5.41) is 20.8. The van der Waals surface area contributed by atoms with Crippen LogP contribution >= 0.6 is 0 Å². The number of hydrogen-bond donors (Lipinski definition) is 3. The third-order valence-electron chi connectivity index (χ3n) is 3.40. The molecule has 7 heteroatoms. The summed E-state index contributed by atoms with van der Waals surface area (Å²) in [4.78, 5) is 36.5. The zero-order valence-corrected chi connectivity index (χ0v) is 11.5. The van der Waals surface area contributed by atoms with Crippen LogP contribution in [0.2, 0.25) is 0 Å². The van der Waals surface area contributed by atoms with E-state index in [4.69, 9.17) is 5.11 Å². The predicted octanol–water partition coefficient (Wildman–Crippen LogP) is 0.116. The number of carboxylic acid groups (broad SMARTS) is 1. The smallest absolute Gasteiger partial charge is 0.305 e. The van der Waals surface area contributed by atoms with E-state index in [1.165, 1.54) is 23.1 Å². The van der Waals surface area contributed by atoms with Gasteiger partial charge in [-0.25, -0.2) is 0 Å². The topological polar surface area (TPSA) is 107 Å². The van der Waals surface area contributed by atoms with Crippen molar-refractivity contribution in [1.29, 1.82) is 0 Å². The van der Waals surface area contributed by atoms with E-state index in [1.807, 2.05) is 0 Å². The van der Waals surface area contributed by atoms with Gasteiger partial charge in [0.15, 0.2) is 0 Å². The molecule has 112 valence electrons. The van der Waals surface area contributed by atoms with Crippen molar-refractivity contribution in [1.82, 2.24) is 10.2 Å². The summed E-state index contributed by atoms with van der Waals surface area (Å²) in [6, 6.07) is 3.29. The number of phenolic OH excluding ortho intramolecular Hbond substituents is 1. The monoisotopic (exact) mass is 292 g/mol. The number of benzene rings is 1. The number of carboxylic acids is 1. The highest BCUT2D eigenvalue weighted by Gasteiger charge is 2.35. The molecule has 1 aromatic rings. The van der Waals surface area contributed by atoms with Crippen LogP contribution in [0.5, 0.6) is 5.75 Å². The van der Waals surface area contributed by atoms with Gasteiger partial charge in [0, 0.05) is 18.7 Å². The Balaban J connectivity index is 2.30. The van der Waals surface area contributed by atoms with Crippen LogP contribution in [0.15, 0.2) is 18.2 Å². The molecule has 0 aliphatic carbocycles. The lowest BCUT2D eigenvalue weighted by Crippen LogP contribution is -2.57. The first-order chi connectivity index (χ1) is 9.90. The fraction of sp³-hybridized carbons (Fsp3) is 0.357. The number of aryl methyl sites for hydroxylation is 1. The Morgan fingerprint density at radius 1 is 1.43 bits per heavy atom. The lowest BCUT2D eigenvalue weighted by atomic mass is 10.0.